The van der Waals surface area contributed by atoms with E-state index in [-0.39, 0.29) is 5.91 Å². The highest BCUT2D eigenvalue weighted by atomic mass is 35.5. The number of halogens is 1. The van der Waals surface area contributed by atoms with Gasteiger partial charge in [0, 0.05) is 0 Å². The van der Waals surface area contributed by atoms with Crippen molar-refractivity contribution in [2.75, 3.05) is 14.2 Å². The molecule has 0 unspecified atom stereocenters. The van der Waals surface area contributed by atoms with Gasteiger partial charge in [0.05, 0.1) is 29.8 Å². The Kier molecular flexibility index (Phi) is 5.31. The third kappa shape index (κ3) is 3.97. The van der Waals surface area contributed by atoms with Gasteiger partial charge < -0.3 is 14.8 Å². The summed E-state index contributed by atoms with van der Waals surface area (Å²) >= 11 is 7.36. The van der Waals surface area contributed by atoms with Crippen molar-refractivity contribution >= 4 is 46.2 Å². The van der Waals surface area contributed by atoms with Crippen LogP contribution in [0.2, 0.25) is 5.02 Å². The van der Waals surface area contributed by atoms with E-state index in [0.717, 1.165) is 5.56 Å². The summed E-state index contributed by atoms with van der Waals surface area (Å²) in [7, 11) is 3.15. The van der Waals surface area contributed by atoms with Gasteiger partial charge in [-0.25, -0.2) is 4.99 Å². The molecule has 7 heteroatoms. The van der Waals surface area contributed by atoms with Crippen molar-refractivity contribution in [1.82, 2.24) is 5.32 Å². The van der Waals surface area contributed by atoms with Crippen molar-refractivity contribution in [1.29, 1.82) is 0 Å². The number of hydrogen-bond acceptors (Lipinski definition) is 5. The van der Waals surface area contributed by atoms with Crippen molar-refractivity contribution in [3.8, 4) is 11.5 Å². The first-order valence-electron chi connectivity index (χ1n) is 7.37. The molecule has 1 aliphatic heterocycles. The zero-order valence-electron chi connectivity index (χ0n) is 13.6. The molecular weight excluding hydrogens is 360 g/mol. The average molecular weight is 375 g/mol. The van der Waals surface area contributed by atoms with Crippen LogP contribution in [0.4, 0.5) is 5.69 Å². The minimum atomic E-state index is -0.203. The summed E-state index contributed by atoms with van der Waals surface area (Å²) in [5.74, 6) is 1.03. The fourth-order valence-electron chi connectivity index (χ4n) is 2.23. The molecule has 1 fully saturated rings. The summed E-state index contributed by atoms with van der Waals surface area (Å²) in [6, 6.07) is 12.7. The third-order valence-electron chi connectivity index (χ3n) is 3.43. The van der Waals surface area contributed by atoms with Crippen LogP contribution in [0.25, 0.3) is 6.08 Å². The van der Waals surface area contributed by atoms with Crippen LogP contribution in [-0.2, 0) is 4.79 Å². The van der Waals surface area contributed by atoms with Gasteiger partial charge in [-0.2, -0.15) is 0 Å². The minimum Gasteiger partial charge on any atom is -0.493 e. The number of carbonyl (C=O) groups is 1. The molecular formula is C18H15ClN2O3S. The molecule has 0 aliphatic carbocycles. The first-order valence-corrected chi connectivity index (χ1v) is 8.56. The summed E-state index contributed by atoms with van der Waals surface area (Å²) in [6.07, 6.45) is 1.77. The highest BCUT2D eigenvalue weighted by Crippen LogP contribution is 2.33. The monoisotopic (exact) mass is 374 g/mol. The standard InChI is InChI=1S/C18H15ClN2O3S/c1-23-14-8-7-11(9-15(14)24-2)10-16-17(22)21-18(25-16)20-13-6-4-3-5-12(13)19/h3-10H,1-2H3,(H,20,21,22). The number of amides is 1. The Morgan fingerprint density at radius 1 is 1.12 bits per heavy atom. The number of methoxy groups -OCH3 is 2. The number of carbonyl (C=O) groups excluding carboxylic acids is 1. The first kappa shape index (κ1) is 17.4. The second-order valence-electron chi connectivity index (χ2n) is 5.05. The Labute approximate surface area is 154 Å². The second-order valence-corrected chi connectivity index (χ2v) is 6.49. The Balaban J connectivity index is 1.86. The number of hydrogen-bond donors (Lipinski definition) is 1. The third-order valence-corrected chi connectivity index (χ3v) is 4.66. The number of ether oxygens (including phenoxy) is 2. The highest BCUT2D eigenvalue weighted by molar-refractivity contribution is 8.18. The number of nitrogens with one attached hydrogen (secondary N) is 1. The molecule has 1 N–H and O–H groups in total. The summed E-state index contributed by atoms with van der Waals surface area (Å²) < 4.78 is 10.5. The van der Waals surface area contributed by atoms with Gasteiger partial charge in [-0.3, -0.25) is 4.79 Å². The number of thioether (sulfide) groups is 1. The lowest BCUT2D eigenvalue weighted by Crippen LogP contribution is -2.19. The van der Waals surface area contributed by atoms with Crippen LogP contribution in [0, 0.1) is 0 Å². The van der Waals surface area contributed by atoms with Crippen LogP contribution < -0.4 is 14.8 Å². The average Bonchev–Trinajstić information content (AvgIpc) is 2.96. The van der Waals surface area contributed by atoms with E-state index in [1.54, 1.807) is 38.5 Å². The molecule has 0 spiro atoms. The Bertz CT molecular complexity index is 880. The molecule has 0 aromatic heterocycles. The molecule has 0 radical (unpaired) electrons. The molecule has 2 aromatic carbocycles. The van der Waals surface area contributed by atoms with Crippen molar-refractivity contribution in [3.63, 3.8) is 0 Å². The first-order chi connectivity index (χ1) is 12.1. The van der Waals surface area contributed by atoms with E-state index in [1.807, 2.05) is 24.3 Å². The number of nitrogens with zero attached hydrogens (tertiary/aromatic N) is 1. The molecule has 25 heavy (non-hydrogen) atoms. The van der Waals surface area contributed by atoms with E-state index < -0.39 is 0 Å². The molecule has 128 valence electrons. The molecule has 0 atom stereocenters. The maximum Gasteiger partial charge on any atom is 0.264 e. The molecule has 2 aromatic rings. The van der Waals surface area contributed by atoms with Crippen molar-refractivity contribution in [2.45, 2.75) is 0 Å². The summed E-state index contributed by atoms with van der Waals surface area (Å²) in [4.78, 5) is 17.1. The molecule has 1 saturated heterocycles. The van der Waals surface area contributed by atoms with Crippen molar-refractivity contribution < 1.29 is 14.3 Å². The van der Waals surface area contributed by atoms with Gasteiger partial charge in [-0.05, 0) is 47.7 Å². The normalized spacial score (nSPS) is 17.0. The summed E-state index contributed by atoms with van der Waals surface area (Å²) in [5.41, 5.74) is 1.44. The lowest BCUT2D eigenvalue weighted by Gasteiger charge is -2.07. The minimum absolute atomic E-state index is 0.203. The largest absolute Gasteiger partial charge is 0.493 e. The Morgan fingerprint density at radius 2 is 1.88 bits per heavy atom. The van der Waals surface area contributed by atoms with Crippen LogP contribution in [0.1, 0.15) is 5.56 Å². The number of benzene rings is 2. The van der Waals surface area contributed by atoms with Gasteiger partial charge in [-0.15, -0.1) is 0 Å². The van der Waals surface area contributed by atoms with E-state index in [4.69, 9.17) is 21.1 Å². The van der Waals surface area contributed by atoms with Gasteiger partial charge in [0.1, 0.15) is 0 Å². The topological polar surface area (TPSA) is 59.9 Å². The highest BCUT2D eigenvalue weighted by Gasteiger charge is 2.24. The molecule has 0 bridgehead atoms. The van der Waals surface area contributed by atoms with E-state index >= 15 is 0 Å². The lowest BCUT2D eigenvalue weighted by molar-refractivity contribution is -0.115. The van der Waals surface area contributed by atoms with Crippen molar-refractivity contribution in [2.24, 2.45) is 4.99 Å². The van der Waals surface area contributed by atoms with E-state index in [2.05, 4.69) is 10.3 Å². The lowest BCUT2D eigenvalue weighted by atomic mass is 10.2. The van der Waals surface area contributed by atoms with Gasteiger partial charge in [0.15, 0.2) is 16.7 Å². The summed E-state index contributed by atoms with van der Waals surface area (Å²) in [6.45, 7) is 0. The van der Waals surface area contributed by atoms with Crippen LogP contribution in [0.3, 0.4) is 0 Å². The van der Waals surface area contributed by atoms with Crippen LogP contribution >= 0.6 is 23.4 Å². The van der Waals surface area contributed by atoms with Crippen molar-refractivity contribution in [3.05, 3.63) is 58.0 Å². The molecule has 3 rings (SSSR count). The van der Waals surface area contributed by atoms with Gasteiger partial charge in [0.25, 0.3) is 5.91 Å². The molecule has 1 amide bonds. The number of amidine groups is 1. The quantitative estimate of drug-likeness (QED) is 0.813. The predicted octanol–water partition coefficient (Wildman–Crippen LogP) is 4.25. The predicted molar refractivity (Wildman–Crippen MR) is 102 cm³/mol. The second kappa shape index (κ2) is 7.63. The number of aliphatic imine (C=N–C) groups is 1. The smallest absolute Gasteiger partial charge is 0.264 e. The molecule has 1 heterocycles. The van der Waals surface area contributed by atoms with Gasteiger partial charge in [-0.1, -0.05) is 29.8 Å². The van der Waals surface area contributed by atoms with Crippen LogP contribution in [0.5, 0.6) is 11.5 Å². The fraction of sp³-hybridized carbons (Fsp3) is 0.111. The summed E-state index contributed by atoms with van der Waals surface area (Å²) in [5, 5.41) is 3.76. The van der Waals surface area contributed by atoms with E-state index in [1.165, 1.54) is 11.8 Å². The van der Waals surface area contributed by atoms with Crippen LogP contribution in [0.15, 0.2) is 52.4 Å². The fourth-order valence-corrected chi connectivity index (χ4v) is 3.24. The van der Waals surface area contributed by atoms with E-state index in [9.17, 15) is 4.79 Å². The Hall–Kier alpha value is -2.44. The maximum atomic E-state index is 12.2. The zero-order valence-corrected chi connectivity index (χ0v) is 15.1. The number of rotatable bonds is 4. The number of para-hydroxylation sites is 1. The van der Waals surface area contributed by atoms with Gasteiger partial charge >= 0.3 is 0 Å². The zero-order chi connectivity index (χ0) is 17.8. The van der Waals surface area contributed by atoms with Gasteiger partial charge in [0.2, 0.25) is 0 Å². The Morgan fingerprint density at radius 3 is 2.60 bits per heavy atom. The van der Waals surface area contributed by atoms with Crippen LogP contribution in [-0.4, -0.2) is 25.3 Å². The maximum absolute atomic E-state index is 12.2. The molecule has 5 nitrogen and oxygen atoms in total. The van der Waals surface area contributed by atoms with E-state index in [0.29, 0.717) is 32.3 Å². The SMILES string of the molecule is COc1ccc(C=C2SC(=Nc3ccccc3Cl)NC2=O)cc1OC. The molecule has 0 saturated carbocycles. The molecule has 1 aliphatic rings.